The number of carbonyl (C=O) groups is 2. The maximum Gasteiger partial charge on any atom is 0.325 e. The van der Waals surface area contributed by atoms with E-state index in [9.17, 15) is 14.0 Å². The Labute approximate surface area is 164 Å². The molecule has 0 radical (unpaired) electrons. The molecule has 2 aromatic carbocycles. The molecule has 0 fully saturated rings. The van der Waals surface area contributed by atoms with Gasteiger partial charge in [-0.2, -0.15) is 0 Å². The molecule has 3 aromatic rings. The van der Waals surface area contributed by atoms with E-state index in [0.717, 1.165) is 0 Å². The van der Waals surface area contributed by atoms with Crippen LogP contribution >= 0.6 is 11.3 Å². The van der Waals surface area contributed by atoms with Crippen LogP contribution in [0.4, 0.5) is 25.7 Å². The fraction of sp³-hybridized carbons (Fsp3) is 0.105. The molecule has 3 amide bonds. The predicted octanol–water partition coefficient (Wildman–Crippen LogP) is 4.12. The molecule has 1 heterocycles. The zero-order valence-corrected chi connectivity index (χ0v) is 15.7. The molecule has 0 aliphatic rings. The van der Waals surface area contributed by atoms with Crippen LogP contribution in [0.2, 0.25) is 0 Å². The van der Waals surface area contributed by atoms with Gasteiger partial charge < -0.3 is 15.4 Å². The summed E-state index contributed by atoms with van der Waals surface area (Å²) in [5, 5.41) is 9.95. The zero-order chi connectivity index (χ0) is 19.9. The van der Waals surface area contributed by atoms with E-state index in [0.29, 0.717) is 27.9 Å². The van der Waals surface area contributed by atoms with Crippen LogP contribution in [-0.2, 0) is 11.2 Å². The lowest BCUT2D eigenvalue weighted by Gasteiger charge is -2.09. The first-order chi connectivity index (χ1) is 13.5. The van der Waals surface area contributed by atoms with Gasteiger partial charge in [-0.25, -0.2) is 14.2 Å². The molecule has 28 heavy (non-hydrogen) atoms. The van der Waals surface area contributed by atoms with Crippen molar-refractivity contribution in [2.24, 2.45) is 0 Å². The Morgan fingerprint density at radius 3 is 2.57 bits per heavy atom. The van der Waals surface area contributed by atoms with Crippen LogP contribution in [0.1, 0.15) is 5.69 Å². The number of urea groups is 1. The largest absolute Gasteiger partial charge is 0.495 e. The first kappa shape index (κ1) is 19.3. The molecule has 3 rings (SSSR count). The van der Waals surface area contributed by atoms with Crippen LogP contribution in [0.3, 0.4) is 0 Å². The van der Waals surface area contributed by atoms with Crippen molar-refractivity contribution in [1.29, 1.82) is 0 Å². The normalized spacial score (nSPS) is 10.2. The number of amides is 3. The van der Waals surface area contributed by atoms with Gasteiger partial charge in [0.1, 0.15) is 11.6 Å². The van der Waals surface area contributed by atoms with E-state index in [4.69, 9.17) is 4.74 Å². The topological polar surface area (TPSA) is 92.4 Å². The molecule has 0 spiro atoms. The van der Waals surface area contributed by atoms with Crippen molar-refractivity contribution >= 4 is 39.8 Å². The van der Waals surface area contributed by atoms with Crippen LogP contribution in [0.5, 0.6) is 5.75 Å². The number of hydrogen-bond donors (Lipinski definition) is 3. The third kappa shape index (κ3) is 5.27. The van der Waals surface area contributed by atoms with E-state index in [1.807, 2.05) is 6.07 Å². The van der Waals surface area contributed by atoms with Gasteiger partial charge in [-0.15, -0.1) is 11.3 Å². The highest BCUT2D eigenvalue weighted by atomic mass is 32.1. The molecule has 0 aliphatic carbocycles. The summed E-state index contributed by atoms with van der Waals surface area (Å²) >= 11 is 1.20. The summed E-state index contributed by atoms with van der Waals surface area (Å²) < 4.78 is 18.1. The number of nitrogens with one attached hydrogen (secondary N) is 3. The van der Waals surface area contributed by atoms with Crippen LogP contribution in [-0.4, -0.2) is 24.0 Å². The summed E-state index contributed by atoms with van der Waals surface area (Å²) in [6, 6.07) is 12.0. The Balaban J connectivity index is 1.54. The molecular weight excluding hydrogens is 383 g/mol. The second-order valence-corrected chi connectivity index (χ2v) is 6.51. The highest BCUT2D eigenvalue weighted by molar-refractivity contribution is 7.14. The second kappa shape index (κ2) is 8.96. The summed E-state index contributed by atoms with van der Waals surface area (Å²) in [6.45, 7) is 0. The van der Waals surface area contributed by atoms with Crippen LogP contribution < -0.4 is 20.7 Å². The average molecular weight is 400 g/mol. The quantitative estimate of drug-likeness (QED) is 0.580. The average Bonchev–Trinajstić information content (AvgIpc) is 3.10. The third-order valence-corrected chi connectivity index (χ3v) is 4.40. The van der Waals surface area contributed by atoms with Crippen LogP contribution in [0.15, 0.2) is 53.9 Å². The number of halogens is 1. The van der Waals surface area contributed by atoms with Gasteiger partial charge >= 0.3 is 6.03 Å². The molecule has 1 aromatic heterocycles. The number of rotatable bonds is 6. The van der Waals surface area contributed by atoms with E-state index in [1.165, 1.54) is 42.7 Å². The SMILES string of the molecule is COc1ccccc1NC(=O)Cc1csc(NC(=O)Nc2ccc(F)cc2)n1. The van der Waals surface area contributed by atoms with E-state index >= 15 is 0 Å². The number of anilines is 3. The molecule has 0 saturated heterocycles. The van der Waals surface area contributed by atoms with E-state index in [2.05, 4.69) is 20.9 Å². The molecule has 3 N–H and O–H groups in total. The highest BCUT2D eigenvalue weighted by Gasteiger charge is 2.12. The smallest absolute Gasteiger partial charge is 0.325 e. The van der Waals surface area contributed by atoms with E-state index in [1.54, 1.807) is 23.6 Å². The minimum absolute atomic E-state index is 0.0514. The highest BCUT2D eigenvalue weighted by Crippen LogP contribution is 2.23. The Kier molecular flexibility index (Phi) is 6.18. The summed E-state index contributed by atoms with van der Waals surface area (Å²) in [5.41, 5.74) is 1.54. The molecule has 0 atom stereocenters. The predicted molar refractivity (Wildman–Crippen MR) is 106 cm³/mol. The summed E-state index contributed by atoms with van der Waals surface area (Å²) in [6.07, 6.45) is 0.0514. The molecule has 0 aliphatic heterocycles. The maximum absolute atomic E-state index is 12.9. The van der Waals surface area contributed by atoms with Crippen molar-refractivity contribution in [2.75, 3.05) is 23.1 Å². The minimum atomic E-state index is -0.508. The fourth-order valence-electron chi connectivity index (χ4n) is 2.35. The van der Waals surface area contributed by atoms with E-state index < -0.39 is 6.03 Å². The number of methoxy groups -OCH3 is 1. The Hall–Kier alpha value is -3.46. The maximum atomic E-state index is 12.9. The number of benzene rings is 2. The minimum Gasteiger partial charge on any atom is -0.495 e. The summed E-state index contributed by atoms with van der Waals surface area (Å²) in [7, 11) is 1.53. The van der Waals surface area contributed by atoms with Gasteiger partial charge in [0.05, 0.1) is 24.9 Å². The zero-order valence-electron chi connectivity index (χ0n) is 14.9. The van der Waals surface area contributed by atoms with Crippen molar-refractivity contribution in [1.82, 2.24) is 4.98 Å². The van der Waals surface area contributed by atoms with Crippen LogP contribution in [0.25, 0.3) is 0 Å². The molecule has 0 unspecified atom stereocenters. The third-order valence-electron chi connectivity index (χ3n) is 3.60. The van der Waals surface area contributed by atoms with Gasteiger partial charge in [0.2, 0.25) is 5.91 Å². The Morgan fingerprint density at radius 2 is 1.82 bits per heavy atom. The number of ether oxygens (including phenoxy) is 1. The molecular formula is C19H17FN4O3S. The van der Waals surface area contributed by atoms with E-state index in [-0.39, 0.29) is 18.1 Å². The van der Waals surface area contributed by atoms with Gasteiger partial charge in [0, 0.05) is 11.1 Å². The van der Waals surface area contributed by atoms with Gasteiger partial charge in [-0.05, 0) is 36.4 Å². The number of aromatic nitrogens is 1. The number of thiazole rings is 1. The lowest BCUT2D eigenvalue weighted by atomic mass is 10.2. The number of hydrogen-bond acceptors (Lipinski definition) is 5. The lowest BCUT2D eigenvalue weighted by Crippen LogP contribution is -2.19. The molecule has 0 saturated carbocycles. The standard InChI is InChI=1S/C19H17FN4O3S/c1-27-16-5-3-2-4-15(16)23-17(25)10-14-11-28-19(22-14)24-18(26)21-13-8-6-12(20)7-9-13/h2-9,11H,10H2,1H3,(H,23,25)(H2,21,22,24,26). The Bertz CT molecular complexity index is 975. The van der Waals surface area contributed by atoms with Gasteiger partial charge in [0.15, 0.2) is 5.13 Å². The first-order valence-corrected chi connectivity index (χ1v) is 9.12. The van der Waals surface area contributed by atoms with Gasteiger partial charge in [0.25, 0.3) is 0 Å². The van der Waals surface area contributed by atoms with Gasteiger partial charge in [-0.3, -0.25) is 10.1 Å². The van der Waals surface area contributed by atoms with Crippen molar-refractivity contribution in [3.8, 4) is 5.75 Å². The van der Waals surface area contributed by atoms with Crippen molar-refractivity contribution < 1.29 is 18.7 Å². The number of carbonyl (C=O) groups excluding carboxylic acids is 2. The number of nitrogens with zero attached hydrogens (tertiary/aromatic N) is 1. The lowest BCUT2D eigenvalue weighted by molar-refractivity contribution is -0.115. The van der Waals surface area contributed by atoms with Crippen molar-refractivity contribution in [3.63, 3.8) is 0 Å². The molecule has 144 valence electrons. The second-order valence-electron chi connectivity index (χ2n) is 5.66. The van der Waals surface area contributed by atoms with Crippen LogP contribution in [0, 0.1) is 5.82 Å². The molecule has 7 nitrogen and oxygen atoms in total. The van der Waals surface area contributed by atoms with Crippen molar-refractivity contribution in [3.05, 3.63) is 65.4 Å². The molecule has 9 heteroatoms. The monoisotopic (exact) mass is 400 g/mol. The molecule has 0 bridgehead atoms. The summed E-state index contributed by atoms with van der Waals surface area (Å²) in [4.78, 5) is 28.4. The number of para-hydroxylation sites is 2. The van der Waals surface area contributed by atoms with Gasteiger partial charge in [-0.1, -0.05) is 12.1 Å². The Morgan fingerprint density at radius 1 is 1.07 bits per heavy atom. The first-order valence-electron chi connectivity index (χ1n) is 8.24. The fourth-order valence-corrected chi connectivity index (χ4v) is 3.05. The van der Waals surface area contributed by atoms with Crippen molar-refractivity contribution in [2.45, 2.75) is 6.42 Å². The summed E-state index contributed by atoms with van der Waals surface area (Å²) in [5.74, 6) is -0.0759.